The Morgan fingerprint density at radius 1 is 1.25 bits per heavy atom. The molecule has 0 saturated carbocycles. The lowest BCUT2D eigenvalue weighted by atomic mass is 10.1. The summed E-state index contributed by atoms with van der Waals surface area (Å²) in [5, 5.41) is 9.01. The van der Waals surface area contributed by atoms with Crippen LogP contribution in [0.5, 0.6) is 0 Å². The number of carboxylic acids is 1. The summed E-state index contributed by atoms with van der Waals surface area (Å²) >= 11 is 0.646. The first-order valence-corrected chi connectivity index (χ1v) is 6.79. The summed E-state index contributed by atoms with van der Waals surface area (Å²) in [6.07, 6.45) is 0. The Morgan fingerprint density at radius 2 is 1.85 bits per heavy atom. The first kappa shape index (κ1) is 14.2. The van der Waals surface area contributed by atoms with Crippen molar-refractivity contribution in [2.75, 3.05) is 0 Å². The molecule has 0 aliphatic rings. The highest BCUT2D eigenvalue weighted by molar-refractivity contribution is 7.11. The third kappa shape index (κ3) is 2.42. The van der Waals surface area contributed by atoms with Crippen LogP contribution in [0.15, 0.2) is 35.1 Å². The molecule has 0 saturated heterocycles. The fraction of sp³-hybridized carbons (Fsp3) is 0.214. The fourth-order valence-electron chi connectivity index (χ4n) is 2.06. The first-order chi connectivity index (χ1) is 9.43. The molecule has 0 aliphatic heterocycles. The van der Waals surface area contributed by atoms with Gasteiger partial charge in [0.05, 0.1) is 6.04 Å². The van der Waals surface area contributed by atoms with Crippen molar-refractivity contribution in [3.05, 3.63) is 56.1 Å². The van der Waals surface area contributed by atoms with Gasteiger partial charge in [-0.3, -0.25) is 14.2 Å². The summed E-state index contributed by atoms with van der Waals surface area (Å²) in [6, 6.07) is 7.89. The molecule has 1 aromatic carbocycles. The number of aromatic carboxylic acids is 1. The third-order valence-corrected chi connectivity index (χ3v) is 4.14. The van der Waals surface area contributed by atoms with Crippen LogP contribution in [0.2, 0.25) is 0 Å². The number of Topliss-reactive ketones (excluding diaryl/α,β-unsaturated/α-hetero) is 1. The Balaban J connectivity index is 2.45. The second-order valence-electron chi connectivity index (χ2n) is 4.36. The maximum atomic E-state index is 12.3. The minimum atomic E-state index is -1.15. The van der Waals surface area contributed by atoms with Crippen molar-refractivity contribution >= 4 is 23.1 Å². The van der Waals surface area contributed by atoms with Crippen molar-refractivity contribution in [3.63, 3.8) is 0 Å². The highest BCUT2D eigenvalue weighted by Gasteiger charge is 2.24. The first-order valence-electron chi connectivity index (χ1n) is 5.98. The van der Waals surface area contributed by atoms with Crippen LogP contribution in [0.3, 0.4) is 0 Å². The zero-order valence-electron chi connectivity index (χ0n) is 11.0. The number of hydrogen-bond donors (Lipinski definition) is 1. The van der Waals surface area contributed by atoms with Gasteiger partial charge in [-0.2, -0.15) is 0 Å². The van der Waals surface area contributed by atoms with E-state index >= 15 is 0 Å². The molecule has 0 amide bonds. The molecule has 1 atom stereocenters. The lowest BCUT2D eigenvalue weighted by molar-refractivity contribution is 0.0699. The van der Waals surface area contributed by atoms with E-state index in [-0.39, 0.29) is 10.7 Å². The smallest absolute Gasteiger partial charge is 0.347 e. The van der Waals surface area contributed by atoms with Crippen molar-refractivity contribution < 1.29 is 14.7 Å². The summed E-state index contributed by atoms with van der Waals surface area (Å²) in [5.74, 6) is -1.37. The maximum absolute atomic E-state index is 12.3. The van der Waals surface area contributed by atoms with Crippen LogP contribution in [-0.4, -0.2) is 21.4 Å². The van der Waals surface area contributed by atoms with Gasteiger partial charge in [-0.25, -0.2) is 4.79 Å². The zero-order valence-corrected chi connectivity index (χ0v) is 11.8. The normalized spacial score (nSPS) is 12.1. The largest absolute Gasteiger partial charge is 0.477 e. The predicted molar refractivity (Wildman–Crippen MR) is 75.8 cm³/mol. The molecule has 0 radical (unpaired) electrons. The van der Waals surface area contributed by atoms with Gasteiger partial charge in [-0.15, -0.1) is 0 Å². The molecule has 2 aromatic rings. The Hall–Kier alpha value is -2.21. The zero-order chi connectivity index (χ0) is 14.9. The molecular formula is C14H13NO4S. The van der Waals surface area contributed by atoms with Gasteiger partial charge >= 0.3 is 10.8 Å². The van der Waals surface area contributed by atoms with Gasteiger partial charge in [-0.1, -0.05) is 41.7 Å². The number of ketones is 1. The molecule has 2 rings (SSSR count). The van der Waals surface area contributed by atoms with Gasteiger partial charge in [0, 0.05) is 11.3 Å². The van der Waals surface area contributed by atoms with E-state index in [0.29, 0.717) is 22.6 Å². The van der Waals surface area contributed by atoms with E-state index in [1.165, 1.54) is 11.5 Å². The van der Waals surface area contributed by atoms with Gasteiger partial charge in [0.2, 0.25) is 0 Å². The van der Waals surface area contributed by atoms with Gasteiger partial charge < -0.3 is 5.11 Å². The van der Waals surface area contributed by atoms with Gasteiger partial charge in [0.15, 0.2) is 5.78 Å². The standard InChI is InChI=1S/C14H13NO4S/c1-8(11(16)10-6-4-3-5-7-10)15-9(2)12(13(17)18)20-14(15)19/h3-8H,1-2H3,(H,17,18). The van der Waals surface area contributed by atoms with Crippen molar-refractivity contribution in [1.29, 1.82) is 0 Å². The van der Waals surface area contributed by atoms with E-state index < -0.39 is 16.9 Å². The summed E-state index contributed by atoms with van der Waals surface area (Å²) in [7, 11) is 0. The summed E-state index contributed by atoms with van der Waals surface area (Å²) in [5.41, 5.74) is 0.804. The number of carboxylic acid groups (broad SMARTS) is 1. The quantitative estimate of drug-likeness (QED) is 0.877. The van der Waals surface area contributed by atoms with Crippen molar-refractivity contribution in [2.24, 2.45) is 0 Å². The Kier molecular flexibility index (Phi) is 3.85. The van der Waals surface area contributed by atoms with E-state index in [1.54, 1.807) is 37.3 Å². The second-order valence-corrected chi connectivity index (χ2v) is 5.33. The summed E-state index contributed by atoms with van der Waals surface area (Å²) in [4.78, 5) is 34.8. The molecule has 0 spiro atoms. The fourth-order valence-corrected chi connectivity index (χ4v) is 2.97. The average Bonchev–Trinajstić information content (AvgIpc) is 2.73. The highest BCUT2D eigenvalue weighted by atomic mass is 32.1. The maximum Gasteiger partial charge on any atom is 0.347 e. The highest BCUT2D eigenvalue weighted by Crippen LogP contribution is 2.19. The molecule has 0 fully saturated rings. The van der Waals surface area contributed by atoms with E-state index in [0.717, 1.165) is 0 Å². The van der Waals surface area contributed by atoms with Crippen LogP contribution >= 0.6 is 11.3 Å². The van der Waals surface area contributed by atoms with Crippen LogP contribution in [0, 0.1) is 6.92 Å². The van der Waals surface area contributed by atoms with Gasteiger partial charge in [0.25, 0.3) is 0 Å². The van der Waals surface area contributed by atoms with Gasteiger partial charge in [-0.05, 0) is 13.8 Å². The second kappa shape index (κ2) is 5.42. The molecule has 5 nitrogen and oxygen atoms in total. The number of carbonyl (C=O) groups is 2. The van der Waals surface area contributed by atoms with Crippen molar-refractivity contribution in [3.8, 4) is 0 Å². The number of benzene rings is 1. The van der Waals surface area contributed by atoms with Crippen LogP contribution < -0.4 is 4.87 Å². The molecule has 1 unspecified atom stereocenters. The average molecular weight is 291 g/mol. The predicted octanol–water partition coefficient (Wildman–Crippen LogP) is 2.36. The molecular weight excluding hydrogens is 278 g/mol. The van der Waals surface area contributed by atoms with E-state index in [4.69, 9.17) is 5.11 Å². The molecule has 1 aromatic heterocycles. The Bertz CT molecular complexity index is 715. The van der Waals surface area contributed by atoms with E-state index in [2.05, 4.69) is 0 Å². The monoisotopic (exact) mass is 291 g/mol. The van der Waals surface area contributed by atoms with Gasteiger partial charge in [0.1, 0.15) is 4.88 Å². The SMILES string of the molecule is Cc1c(C(=O)O)sc(=O)n1C(C)C(=O)c1ccccc1. The molecule has 1 N–H and O–H groups in total. The van der Waals surface area contributed by atoms with Crippen molar-refractivity contribution in [1.82, 2.24) is 4.57 Å². The van der Waals surface area contributed by atoms with Crippen LogP contribution in [0.4, 0.5) is 0 Å². The number of hydrogen-bond acceptors (Lipinski definition) is 4. The van der Waals surface area contributed by atoms with Crippen LogP contribution in [0.25, 0.3) is 0 Å². The lowest BCUT2D eigenvalue weighted by Crippen LogP contribution is -2.25. The topological polar surface area (TPSA) is 76.4 Å². The van der Waals surface area contributed by atoms with Crippen molar-refractivity contribution in [2.45, 2.75) is 19.9 Å². The molecule has 1 heterocycles. The number of nitrogens with zero attached hydrogens (tertiary/aromatic N) is 1. The molecule has 20 heavy (non-hydrogen) atoms. The third-order valence-electron chi connectivity index (χ3n) is 3.10. The number of thiazole rings is 1. The minimum absolute atomic E-state index is 0.0253. The lowest BCUT2D eigenvalue weighted by Gasteiger charge is -2.13. The molecule has 6 heteroatoms. The Morgan fingerprint density at radius 3 is 2.35 bits per heavy atom. The number of aromatic nitrogens is 1. The van der Waals surface area contributed by atoms with Crippen LogP contribution in [0.1, 0.15) is 38.7 Å². The van der Waals surface area contributed by atoms with E-state index in [9.17, 15) is 14.4 Å². The Labute approximate surface area is 119 Å². The number of rotatable bonds is 4. The van der Waals surface area contributed by atoms with Crippen LogP contribution in [-0.2, 0) is 0 Å². The number of carbonyl (C=O) groups excluding carboxylic acids is 1. The van der Waals surface area contributed by atoms with E-state index in [1.807, 2.05) is 0 Å². The molecule has 104 valence electrons. The molecule has 0 aliphatic carbocycles. The molecule has 0 bridgehead atoms. The minimum Gasteiger partial charge on any atom is -0.477 e. The summed E-state index contributed by atoms with van der Waals surface area (Å²) in [6.45, 7) is 3.14. The summed E-state index contributed by atoms with van der Waals surface area (Å²) < 4.78 is 1.24.